The van der Waals surface area contributed by atoms with Crippen molar-refractivity contribution in [1.29, 1.82) is 0 Å². The number of hydrogen-bond acceptors (Lipinski definition) is 2. The van der Waals surface area contributed by atoms with Gasteiger partial charge in [-0.2, -0.15) is 0 Å². The Hall–Kier alpha value is -1.48. The number of fused-ring (bicyclic) bond motifs is 2. The molecule has 1 aliphatic rings. The molecular weight excluding hydrogens is 242 g/mol. The van der Waals surface area contributed by atoms with E-state index in [2.05, 4.69) is 18.8 Å². The Balaban J connectivity index is 2.37. The minimum atomic E-state index is 0.0187. The normalized spacial score (nSPS) is 17.8. The predicted octanol–water partition coefficient (Wildman–Crippen LogP) is 4.05. The van der Waals surface area contributed by atoms with E-state index < -0.39 is 0 Å². The third kappa shape index (κ3) is 1.70. The van der Waals surface area contributed by atoms with E-state index in [0.717, 1.165) is 28.6 Å². The molecule has 1 aliphatic carbocycles. The molecular formula is C15H15NOS. The maximum Gasteiger partial charge on any atom is 0.166 e. The first-order valence-corrected chi connectivity index (χ1v) is 6.56. The first-order chi connectivity index (χ1) is 8.48. The smallest absolute Gasteiger partial charge is 0.166 e. The van der Waals surface area contributed by atoms with Gasteiger partial charge in [0, 0.05) is 23.0 Å². The zero-order valence-corrected chi connectivity index (χ0v) is 11.4. The van der Waals surface area contributed by atoms with Crippen LogP contribution >= 0.6 is 12.2 Å². The maximum atomic E-state index is 12.3. The van der Waals surface area contributed by atoms with Gasteiger partial charge < -0.3 is 4.98 Å². The van der Waals surface area contributed by atoms with Crippen LogP contribution in [-0.2, 0) is 6.42 Å². The van der Waals surface area contributed by atoms with Gasteiger partial charge in [-0.1, -0.05) is 44.3 Å². The van der Waals surface area contributed by atoms with Gasteiger partial charge in [-0.3, -0.25) is 4.79 Å². The fourth-order valence-corrected chi connectivity index (χ4v) is 3.19. The number of hydrogen-bond donors (Lipinski definition) is 1. The molecule has 0 saturated carbocycles. The van der Waals surface area contributed by atoms with Crippen molar-refractivity contribution in [2.75, 3.05) is 0 Å². The van der Waals surface area contributed by atoms with Crippen LogP contribution in [0, 0.1) is 9.93 Å². The standard InChI is InChI=1S/C15H15NOS/c1-15(2)7-11-13(12(17)8-15)14(18)9-5-3-4-6-10(9)16-11/h3-6H,7-8H2,1-2H3,(H,16,18). The third-order valence-electron chi connectivity index (χ3n) is 3.56. The molecule has 1 aromatic carbocycles. The number of ketones is 1. The summed E-state index contributed by atoms with van der Waals surface area (Å²) in [5.74, 6) is 0.174. The summed E-state index contributed by atoms with van der Waals surface area (Å²) in [5, 5.41) is 0.972. The van der Waals surface area contributed by atoms with Crippen LogP contribution in [0.3, 0.4) is 0 Å². The van der Waals surface area contributed by atoms with Crippen molar-refractivity contribution in [1.82, 2.24) is 4.98 Å². The van der Waals surface area contributed by atoms with Crippen LogP contribution in [0.1, 0.15) is 36.3 Å². The number of H-pyrrole nitrogens is 1. The van der Waals surface area contributed by atoms with Crippen LogP contribution in [0.2, 0.25) is 0 Å². The minimum Gasteiger partial charge on any atom is -0.358 e. The molecule has 92 valence electrons. The molecule has 3 heteroatoms. The Bertz CT molecular complexity index is 712. The van der Waals surface area contributed by atoms with Crippen molar-refractivity contribution in [3.05, 3.63) is 40.0 Å². The van der Waals surface area contributed by atoms with Crippen LogP contribution in [-0.4, -0.2) is 10.8 Å². The molecule has 0 saturated heterocycles. The van der Waals surface area contributed by atoms with Crippen LogP contribution in [0.15, 0.2) is 24.3 Å². The SMILES string of the molecule is CC1(C)CC(=O)c2c([nH]c3ccccc3c2=S)C1. The molecule has 2 nitrogen and oxygen atoms in total. The number of benzene rings is 1. The molecule has 0 fully saturated rings. The fraction of sp³-hybridized carbons (Fsp3) is 0.333. The van der Waals surface area contributed by atoms with Gasteiger partial charge >= 0.3 is 0 Å². The van der Waals surface area contributed by atoms with Gasteiger partial charge in [0.15, 0.2) is 5.78 Å². The van der Waals surface area contributed by atoms with E-state index in [0.29, 0.717) is 10.9 Å². The lowest BCUT2D eigenvalue weighted by Gasteiger charge is -2.30. The minimum absolute atomic E-state index is 0.0187. The van der Waals surface area contributed by atoms with Gasteiger partial charge in [0.1, 0.15) is 0 Å². The summed E-state index contributed by atoms with van der Waals surface area (Å²) in [7, 11) is 0. The molecule has 0 spiro atoms. The molecule has 0 amide bonds. The first kappa shape index (κ1) is 11.6. The number of aromatic amines is 1. The summed E-state index contributed by atoms with van der Waals surface area (Å²) in [6.07, 6.45) is 1.46. The second-order valence-corrected chi connectivity index (χ2v) is 6.20. The topological polar surface area (TPSA) is 32.9 Å². The monoisotopic (exact) mass is 257 g/mol. The van der Waals surface area contributed by atoms with Crippen molar-refractivity contribution < 1.29 is 4.79 Å². The van der Waals surface area contributed by atoms with Crippen molar-refractivity contribution in [2.45, 2.75) is 26.7 Å². The number of rotatable bonds is 0. The summed E-state index contributed by atoms with van der Waals surface area (Å²) in [4.78, 5) is 15.7. The Labute approximate surface area is 111 Å². The molecule has 1 N–H and O–H groups in total. The predicted molar refractivity (Wildman–Crippen MR) is 75.6 cm³/mol. The van der Waals surface area contributed by atoms with E-state index >= 15 is 0 Å². The van der Waals surface area contributed by atoms with Gasteiger partial charge in [-0.05, 0) is 17.9 Å². The second kappa shape index (κ2) is 3.75. The van der Waals surface area contributed by atoms with Crippen molar-refractivity contribution in [2.24, 2.45) is 5.41 Å². The molecule has 0 bridgehead atoms. The van der Waals surface area contributed by atoms with Crippen LogP contribution in [0.25, 0.3) is 10.9 Å². The van der Waals surface area contributed by atoms with E-state index in [1.54, 1.807) is 0 Å². The van der Waals surface area contributed by atoms with E-state index in [4.69, 9.17) is 12.2 Å². The molecule has 1 aromatic heterocycles. The molecule has 0 radical (unpaired) electrons. The second-order valence-electron chi connectivity index (χ2n) is 5.79. The van der Waals surface area contributed by atoms with E-state index in [1.807, 2.05) is 24.3 Å². The largest absolute Gasteiger partial charge is 0.358 e. The number of nitrogens with one attached hydrogen (secondary N) is 1. The van der Waals surface area contributed by atoms with E-state index in [-0.39, 0.29) is 11.2 Å². The van der Waals surface area contributed by atoms with Crippen molar-refractivity contribution in [3.63, 3.8) is 0 Å². The summed E-state index contributed by atoms with van der Waals surface area (Å²) >= 11 is 5.49. The summed E-state index contributed by atoms with van der Waals surface area (Å²) in [6, 6.07) is 7.92. The van der Waals surface area contributed by atoms with E-state index in [9.17, 15) is 4.79 Å². The fourth-order valence-electron chi connectivity index (χ4n) is 2.78. The lowest BCUT2D eigenvalue weighted by atomic mass is 9.75. The lowest BCUT2D eigenvalue weighted by molar-refractivity contribution is 0.0910. The van der Waals surface area contributed by atoms with Gasteiger partial charge in [-0.15, -0.1) is 0 Å². The van der Waals surface area contributed by atoms with Crippen LogP contribution in [0.5, 0.6) is 0 Å². The van der Waals surface area contributed by atoms with Gasteiger partial charge in [0.05, 0.1) is 10.1 Å². The number of Topliss-reactive ketones (excluding diaryl/α,β-unsaturated/α-hetero) is 1. The molecule has 3 rings (SSSR count). The van der Waals surface area contributed by atoms with Crippen molar-refractivity contribution in [3.8, 4) is 0 Å². The molecule has 0 atom stereocenters. The highest BCUT2D eigenvalue weighted by molar-refractivity contribution is 7.71. The highest BCUT2D eigenvalue weighted by atomic mass is 32.1. The molecule has 0 aliphatic heterocycles. The average molecular weight is 257 g/mol. The quantitative estimate of drug-likeness (QED) is 0.722. The van der Waals surface area contributed by atoms with E-state index in [1.165, 1.54) is 0 Å². The summed E-state index contributed by atoms with van der Waals surface area (Å²) in [6.45, 7) is 4.25. The van der Waals surface area contributed by atoms with Gasteiger partial charge in [0.2, 0.25) is 0 Å². The van der Waals surface area contributed by atoms with Crippen LogP contribution < -0.4 is 0 Å². The molecule has 0 unspecified atom stereocenters. The molecule has 1 heterocycles. The average Bonchev–Trinajstić information content (AvgIpc) is 2.26. The number of aromatic nitrogens is 1. The Morgan fingerprint density at radius 1 is 1.22 bits per heavy atom. The Morgan fingerprint density at radius 2 is 1.94 bits per heavy atom. The Morgan fingerprint density at radius 3 is 2.72 bits per heavy atom. The number of pyridine rings is 1. The summed E-state index contributed by atoms with van der Waals surface area (Å²) in [5.41, 5.74) is 2.78. The molecule has 2 aromatic rings. The molecule has 18 heavy (non-hydrogen) atoms. The highest BCUT2D eigenvalue weighted by Crippen LogP contribution is 2.35. The Kier molecular flexibility index (Phi) is 2.42. The third-order valence-corrected chi connectivity index (χ3v) is 3.98. The van der Waals surface area contributed by atoms with Gasteiger partial charge in [-0.25, -0.2) is 0 Å². The number of carbonyl (C=O) groups is 1. The van der Waals surface area contributed by atoms with Gasteiger partial charge in [0.25, 0.3) is 0 Å². The number of para-hydroxylation sites is 1. The van der Waals surface area contributed by atoms with Crippen LogP contribution in [0.4, 0.5) is 0 Å². The first-order valence-electron chi connectivity index (χ1n) is 6.15. The summed E-state index contributed by atoms with van der Waals surface area (Å²) < 4.78 is 0.708. The maximum absolute atomic E-state index is 12.3. The van der Waals surface area contributed by atoms with Crippen molar-refractivity contribution >= 4 is 28.9 Å². The number of carbonyl (C=O) groups excluding carboxylic acids is 1. The zero-order chi connectivity index (χ0) is 12.9. The highest BCUT2D eigenvalue weighted by Gasteiger charge is 2.32. The zero-order valence-electron chi connectivity index (χ0n) is 10.5. The lowest BCUT2D eigenvalue weighted by Crippen LogP contribution is -2.28.